The van der Waals surface area contributed by atoms with Crippen molar-refractivity contribution >= 4 is 27.6 Å². The number of amides is 1. The lowest BCUT2D eigenvalue weighted by Crippen LogP contribution is -2.43. The van der Waals surface area contributed by atoms with Gasteiger partial charge in [0, 0.05) is 5.69 Å². The van der Waals surface area contributed by atoms with Crippen LogP contribution in [0.2, 0.25) is 0 Å². The van der Waals surface area contributed by atoms with E-state index in [2.05, 4.69) is 10.1 Å². The monoisotopic (exact) mass is 342 g/mol. The number of carbonyl (C=O) groups excluding carboxylic acids is 2. The highest BCUT2D eigenvalue weighted by molar-refractivity contribution is 7.89. The van der Waals surface area contributed by atoms with Gasteiger partial charge in [0.05, 0.1) is 26.5 Å². The lowest BCUT2D eigenvalue weighted by molar-refractivity contribution is -0.144. The van der Waals surface area contributed by atoms with Crippen LogP contribution < -0.4 is 10.1 Å². The van der Waals surface area contributed by atoms with Crippen molar-refractivity contribution in [3.05, 3.63) is 24.3 Å². The van der Waals surface area contributed by atoms with E-state index in [9.17, 15) is 18.0 Å². The number of methoxy groups -OCH3 is 2. The van der Waals surface area contributed by atoms with Crippen LogP contribution in [0.1, 0.15) is 6.42 Å². The van der Waals surface area contributed by atoms with Crippen LogP contribution in [0.4, 0.5) is 5.69 Å². The van der Waals surface area contributed by atoms with Crippen LogP contribution in [0.5, 0.6) is 5.75 Å². The first-order valence-electron chi connectivity index (χ1n) is 6.88. The summed E-state index contributed by atoms with van der Waals surface area (Å²) in [6.07, 6.45) is 0.116. The average molecular weight is 342 g/mol. The van der Waals surface area contributed by atoms with E-state index in [-0.39, 0.29) is 12.2 Å². The third kappa shape index (κ3) is 3.99. The molecule has 1 aromatic rings. The number of benzene rings is 1. The van der Waals surface area contributed by atoms with Crippen molar-refractivity contribution in [1.82, 2.24) is 4.31 Å². The number of hydrogen-bond donors (Lipinski definition) is 1. The molecule has 0 radical (unpaired) electrons. The molecule has 2 rings (SSSR count). The summed E-state index contributed by atoms with van der Waals surface area (Å²) in [5, 5.41) is 2.58. The van der Waals surface area contributed by atoms with E-state index in [1.54, 1.807) is 24.3 Å². The number of nitrogens with zero attached hydrogens (tertiary/aromatic N) is 1. The standard InChI is InChI=1S/C14H18N2O6S/c1-21-11-5-3-10(4-6-11)15-13(17)9-16-12(14(18)22-2)7-8-23(16,19)20/h3-6,12H,7-9H2,1-2H3,(H,15,17). The summed E-state index contributed by atoms with van der Waals surface area (Å²) < 4.78 is 34.5. The molecule has 1 saturated heterocycles. The largest absolute Gasteiger partial charge is 0.497 e. The van der Waals surface area contributed by atoms with Crippen LogP contribution >= 0.6 is 0 Å². The van der Waals surface area contributed by atoms with Crippen molar-refractivity contribution in [2.75, 3.05) is 31.8 Å². The molecule has 1 amide bonds. The summed E-state index contributed by atoms with van der Waals surface area (Å²) in [4.78, 5) is 23.7. The summed E-state index contributed by atoms with van der Waals surface area (Å²) in [5.74, 6) is -0.739. The third-order valence-corrected chi connectivity index (χ3v) is 5.35. The van der Waals surface area contributed by atoms with Gasteiger partial charge in [0.2, 0.25) is 15.9 Å². The number of hydrogen-bond acceptors (Lipinski definition) is 6. The first-order chi connectivity index (χ1) is 10.9. The summed E-state index contributed by atoms with van der Waals surface area (Å²) in [7, 11) is -0.928. The molecule has 0 aromatic heterocycles. The fourth-order valence-corrected chi connectivity index (χ4v) is 3.96. The zero-order valence-electron chi connectivity index (χ0n) is 12.8. The molecule has 0 spiro atoms. The van der Waals surface area contributed by atoms with Crippen LogP contribution in [0.3, 0.4) is 0 Å². The number of ether oxygens (including phenoxy) is 2. The van der Waals surface area contributed by atoms with Crippen LogP contribution in [0, 0.1) is 0 Å². The molecule has 1 heterocycles. The summed E-state index contributed by atoms with van der Waals surface area (Å²) >= 11 is 0. The van der Waals surface area contributed by atoms with Crippen molar-refractivity contribution in [2.45, 2.75) is 12.5 Å². The Balaban J connectivity index is 2.06. The molecule has 1 N–H and O–H groups in total. The molecule has 23 heavy (non-hydrogen) atoms. The Bertz CT molecular complexity index is 686. The molecule has 0 saturated carbocycles. The first kappa shape index (κ1) is 17.2. The van der Waals surface area contributed by atoms with E-state index in [1.807, 2.05) is 0 Å². The molecule has 1 aromatic carbocycles. The lowest BCUT2D eigenvalue weighted by Gasteiger charge is -2.20. The molecule has 1 aliphatic heterocycles. The molecular weight excluding hydrogens is 324 g/mol. The van der Waals surface area contributed by atoms with Gasteiger partial charge in [-0.2, -0.15) is 4.31 Å². The fourth-order valence-electron chi connectivity index (χ4n) is 2.31. The van der Waals surface area contributed by atoms with E-state index in [1.165, 1.54) is 14.2 Å². The van der Waals surface area contributed by atoms with Gasteiger partial charge in [0.15, 0.2) is 0 Å². The molecule has 126 valence electrons. The molecule has 1 fully saturated rings. The van der Waals surface area contributed by atoms with E-state index in [0.717, 1.165) is 4.31 Å². The van der Waals surface area contributed by atoms with Gasteiger partial charge >= 0.3 is 5.97 Å². The van der Waals surface area contributed by atoms with Gasteiger partial charge in [-0.25, -0.2) is 8.42 Å². The second kappa shape index (κ2) is 6.97. The van der Waals surface area contributed by atoms with Crippen molar-refractivity contribution in [1.29, 1.82) is 0 Å². The minimum absolute atomic E-state index is 0.116. The summed E-state index contributed by atoms with van der Waals surface area (Å²) in [6, 6.07) is 5.64. The predicted molar refractivity (Wildman–Crippen MR) is 82.5 cm³/mol. The molecule has 0 aliphatic carbocycles. The fraction of sp³-hybridized carbons (Fsp3) is 0.429. The van der Waals surface area contributed by atoms with Gasteiger partial charge in [0.25, 0.3) is 0 Å². The highest BCUT2D eigenvalue weighted by Crippen LogP contribution is 2.22. The van der Waals surface area contributed by atoms with Gasteiger partial charge in [-0.3, -0.25) is 9.59 Å². The lowest BCUT2D eigenvalue weighted by atomic mass is 10.2. The normalized spacial score (nSPS) is 20.0. The minimum Gasteiger partial charge on any atom is -0.497 e. The Labute approximate surface area is 134 Å². The third-order valence-electron chi connectivity index (χ3n) is 3.50. The van der Waals surface area contributed by atoms with Crippen LogP contribution in [-0.4, -0.2) is 57.2 Å². The summed E-state index contributed by atoms with van der Waals surface area (Å²) in [6.45, 7) is -0.436. The molecule has 1 atom stereocenters. The number of sulfonamides is 1. The minimum atomic E-state index is -3.64. The Morgan fingerprint density at radius 2 is 1.91 bits per heavy atom. The Hall–Kier alpha value is -2.13. The molecule has 0 bridgehead atoms. The second-order valence-electron chi connectivity index (χ2n) is 4.97. The second-order valence-corrected chi connectivity index (χ2v) is 7.01. The Morgan fingerprint density at radius 1 is 1.26 bits per heavy atom. The number of rotatable bonds is 5. The molecule has 9 heteroatoms. The van der Waals surface area contributed by atoms with Crippen molar-refractivity contribution in [3.63, 3.8) is 0 Å². The van der Waals surface area contributed by atoms with Gasteiger partial charge in [-0.15, -0.1) is 0 Å². The van der Waals surface area contributed by atoms with E-state index in [4.69, 9.17) is 4.74 Å². The highest BCUT2D eigenvalue weighted by Gasteiger charge is 2.43. The van der Waals surface area contributed by atoms with Crippen molar-refractivity contribution in [2.24, 2.45) is 0 Å². The first-order valence-corrected chi connectivity index (χ1v) is 8.49. The molecular formula is C14H18N2O6S. The quantitative estimate of drug-likeness (QED) is 0.768. The van der Waals surface area contributed by atoms with Crippen LogP contribution in [0.15, 0.2) is 24.3 Å². The topological polar surface area (TPSA) is 102 Å². The maximum atomic E-state index is 12.1. The van der Waals surface area contributed by atoms with E-state index in [0.29, 0.717) is 11.4 Å². The highest BCUT2D eigenvalue weighted by atomic mass is 32.2. The number of anilines is 1. The number of carbonyl (C=O) groups is 2. The smallest absolute Gasteiger partial charge is 0.324 e. The van der Waals surface area contributed by atoms with E-state index >= 15 is 0 Å². The van der Waals surface area contributed by atoms with Crippen LogP contribution in [-0.2, 0) is 24.3 Å². The van der Waals surface area contributed by atoms with Gasteiger partial charge in [0.1, 0.15) is 11.8 Å². The van der Waals surface area contributed by atoms with Gasteiger partial charge < -0.3 is 14.8 Å². The average Bonchev–Trinajstić information content (AvgIpc) is 2.82. The van der Waals surface area contributed by atoms with Crippen molar-refractivity contribution < 1.29 is 27.5 Å². The van der Waals surface area contributed by atoms with Crippen LogP contribution in [0.25, 0.3) is 0 Å². The maximum Gasteiger partial charge on any atom is 0.324 e. The summed E-state index contributed by atoms with van der Waals surface area (Å²) in [5.41, 5.74) is 0.502. The SMILES string of the molecule is COC(=O)C1CCS(=O)(=O)N1CC(=O)Nc1ccc(OC)cc1. The van der Waals surface area contributed by atoms with Gasteiger partial charge in [-0.1, -0.05) is 0 Å². The predicted octanol–water partition coefficient (Wildman–Crippen LogP) is 0.211. The van der Waals surface area contributed by atoms with Gasteiger partial charge in [-0.05, 0) is 30.7 Å². The zero-order valence-corrected chi connectivity index (χ0v) is 13.6. The number of esters is 1. The van der Waals surface area contributed by atoms with E-state index < -0.39 is 34.5 Å². The Kier molecular flexibility index (Phi) is 5.22. The molecule has 8 nitrogen and oxygen atoms in total. The zero-order chi connectivity index (χ0) is 17.0. The Morgan fingerprint density at radius 3 is 2.48 bits per heavy atom. The molecule has 1 aliphatic rings. The van der Waals surface area contributed by atoms with Crippen molar-refractivity contribution in [3.8, 4) is 5.75 Å². The number of nitrogens with one attached hydrogen (secondary N) is 1. The maximum absolute atomic E-state index is 12.1. The molecule has 1 unspecified atom stereocenters.